The molecule has 0 aliphatic rings. The molecule has 4 rings (SSSR count). The number of rotatable bonds is 2. The Kier molecular flexibility index (Phi) is 3.35. The highest BCUT2D eigenvalue weighted by molar-refractivity contribution is 5.94. The quantitative estimate of drug-likeness (QED) is 0.575. The van der Waals surface area contributed by atoms with Crippen molar-refractivity contribution >= 4 is 16.5 Å². The van der Waals surface area contributed by atoms with Gasteiger partial charge in [0.1, 0.15) is 0 Å². The van der Waals surface area contributed by atoms with E-state index < -0.39 is 0 Å². The third-order valence-corrected chi connectivity index (χ3v) is 4.02. The molecule has 0 spiro atoms. The largest absolute Gasteiger partial charge is 0.397 e. The first-order chi connectivity index (χ1) is 11.8. The van der Waals surface area contributed by atoms with Gasteiger partial charge in [-0.15, -0.1) is 0 Å². The van der Waals surface area contributed by atoms with Crippen LogP contribution in [-0.4, -0.2) is 9.78 Å². The van der Waals surface area contributed by atoms with Crippen molar-refractivity contribution in [3.05, 3.63) is 89.2 Å². The van der Waals surface area contributed by atoms with Gasteiger partial charge in [0.25, 0.3) is 5.56 Å². The van der Waals surface area contributed by atoms with Gasteiger partial charge in [0, 0.05) is 10.9 Å². The van der Waals surface area contributed by atoms with Crippen LogP contribution in [0.25, 0.3) is 27.7 Å². The first-order valence-electron chi connectivity index (χ1n) is 7.68. The molecule has 0 bridgehead atoms. The summed E-state index contributed by atoms with van der Waals surface area (Å²) in [4.78, 5) is 12.9. The molecule has 3 aromatic carbocycles. The fraction of sp³-hybridized carbons (Fsp3) is 0. The highest BCUT2D eigenvalue weighted by Gasteiger charge is 2.14. The molecule has 0 aliphatic carbocycles. The average molecular weight is 313 g/mol. The Morgan fingerprint density at radius 2 is 1.38 bits per heavy atom. The minimum Gasteiger partial charge on any atom is -0.397 e. The van der Waals surface area contributed by atoms with E-state index in [2.05, 4.69) is 5.10 Å². The zero-order valence-corrected chi connectivity index (χ0v) is 12.9. The number of fused-ring (bicyclic) bond motifs is 1. The Bertz CT molecular complexity index is 1080. The third-order valence-electron chi connectivity index (χ3n) is 4.02. The van der Waals surface area contributed by atoms with Gasteiger partial charge in [-0.3, -0.25) is 4.79 Å². The summed E-state index contributed by atoms with van der Waals surface area (Å²) in [6.07, 6.45) is 0. The first kappa shape index (κ1) is 14.2. The number of para-hydroxylation sites is 2. The SMILES string of the molecule is Nc1ccccc1-n1nc(-c2ccccc2)c2ccccc2c1=O. The fourth-order valence-electron chi connectivity index (χ4n) is 2.84. The van der Waals surface area contributed by atoms with Crippen LogP contribution >= 0.6 is 0 Å². The molecular formula is C20H15N3O. The number of hydrogen-bond donors (Lipinski definition) is 1. The normalized spacial score (nSPS) is 10.8. The molecule has 24 heavy (non-hydrogen) atoms. The van der Waals surface area contributed by atoms with Crippen molar-refractivity contribution in [2.45, 2.75) is 0 Å². The van der Waals surface area contributed by atoms with Gasteiger partial charge in [0.15, 0.2) is 0 Å². The lowest BCUT2D eigenvalue weighted by Crippen LogP contribution is -2.23. The zero-order valence-electron chi connectivity index (χ0n) is 12.9. The maximum Gasteiger partial charge on any atom is 0.279 e. The van der Waals surface area contributed by atoms with Gasteiger partial charge in [-0.05, 0) is 18.2 Å². The van der Waals surface area contributed by atoms with Crippen LogP contribution in [0, 0.1) is 0 Å². The van der Waals surface area contributed by atoms with Gasteiger partial charge in [0.2, 0.25) is 0 Å². The summed E-state index contributed by atoms with van der Waals surface area (Å²) in [6.45, 7) is 0. The van der Waals surface area contributed by atoms with Crippen molar-refractivity contribution in [3.8, 4) is 16.9 Å². The maximum atomic E-state index is 12.9. The molecule has 4 nitrogen and oxygen atoms in total. The van der Waals surface area contributed by atoms with E-state index in [-0.39, 0.29) is 5.56 Å². The lowest BCUT2D eigenvalue weighted by atomic mass is 10.1. The maximum absolute atomic E-state index is 12.9. The molecule has 116 valence electrons. The van der Waals surface area contributed by atoms with Crippen molar-refractivity contribution in [1.82, 2.24) is 9.78 Å². The van der Waals surface area contributed by atoms with Crippen molar-refractivity contribution in [1.29, 1.82) is 0 Å². The molecule has 4 aromatic rings. The Morgan fingerprint density at radius 1 is 0.750 bits per heavy atom. The summed E-state index contributed by atoms with van der Waals surface area (Å²) in [5.41, 5.74) is 8.69. The van der Waals surface area contributed by atoms with Crippen LogP contribution in [0.15, 0.2) is 83.7 Å². The van der Waals surface area contributed by atoms with Crippen molar-refractivity contribution in [2.24, 2.45) is 0 Å². The van der Waals surface area contributed by atoms with Crippen molar-refractivity contribution in [2.75, 3.05) is 5.73 Å². The van der Waals surface area contributed by atoms with Gasteiger partial charge >= 0.3 is 0 Å². The van der Waals surface area contributed by atoms with Crippen LogP contribution in [0.1, 0.15) is 0 Å². The topological polar surface area (TPSA) is 60.9 Å². The number of anilines is 1. The summed E-state index contributed by atoms with van der Waals surface area (Å²) in [5.74, 6) is 0. The molecule has 0 saturated heterocycles. The second-order valence-electron chi connectivity index (χ2n) is 5.54. The van der Waals surface area contributed by atoms with Gasteiger partial charge in [0.05, 0.1) is 22.5 Å². The molecular weight excluding hydrogens is 298 g/mol. The van der Waals surface area contributed by atoms with Gasteiger partial charge < -0.3 is 5.73 Å². The molecule has 0 radical (unpaired) electrons. The first-order valence-corrected chi connectivity index (χ1v) is 7.68. The van der Waals surface area contributed by atoms with Crippen LogP contribution < -0.4 is 11.3 Å². The molecule has 0 atom stereocenters. The van der Waals surface area contributed by atoms with Crippen LogP contribution in [0.4, 0.5) is 5.69 Å². The van der Waals surface area contributed by atoms with Gasteiger partial charge in [-0.25, -0.2) is 0 Å². The number of nitrogens with zero attached hydrogens (tertiary/aromatic N) is 2. The highest BCUT2D eigenvalue weighted by Crippen LogP contribution is 2.25. The second-order valence-corrected chi connectivity index (χ2v) is 5.54. The predicted octanol–water partition coefficient (Wildman–Crippen LogP) is 3.63. The summed E-state index contributed by atoms with van der Waals surface area (Å²) < 4.78 is 1.39. The summed E-state index contributed by atoms with van der Waals surface area (Å²) >= 11 is 0. The molecule has 1 heterocycles. The molecule has 2 N–H and O–H groups in total. The van der Waals surface area contributed by atoms with Crippen molar-refractivity contribution < 1.29 is 0 Å². The van der Waals surface area contributed by atoms with E-state index in [4.69, 9.17) is 5.73 Å². The third kappa shape index (κ3) is 2.25. The molecule has 1 aromatic heterocycles. The van der Waals surface area contributed by atoms with E-state index in [0.717, 1.165) is 16.6 Å². The van der Waals surface area contributed by atoms with Crippen molar-refractivity contribution in [3.63, 3.8) is 0 Å². The zero-order chi connectivity index (χ0) is 16.5. The lowest BCUT2D eigenvalue weighted by molar-refractivity contribution is 0.828. The lowest BCUT2D eigenvalue weighted by Gasteiger charge is -2.12. The Balaban J connectivity index is 2.12. The Morgan fingerprint density at radius 3 is 2.12 bits per heavy atom. The number of nitrogens with two attached hydrogens (primary N) is 1. The summed E-state index contributed by atoms with van der Waals surface area (Å²) in [5, 5.41) is 6.08. The number of aromatic nitrogens is 2. The van der Waals surface area contributed by atoms with E-state index in [1.54, 1.807) is 12.1 Å². The van der Waals surface area contributed by atoms with E-state index in [1.165, 1.54) is 4.68 Å². The van der Waals surface area contributed by atoms with Crippen LogP contribution in [0.2, 0.25) is 0 Å². The fourth-order valence-corrected chi connectivity index (χ4v) is 2.84. The minimum absolute atomic E-state index is 0.178. The van der Waals surface area contributed by atoms with Crippen LogP contribution in [0.5, 0.6) is 0 Å². The minimum atomic E-state index is -0.178. The molecule has 0 amide bonds. The summed E-state index contributed by atoms with van der Waals surface area (Å²) in [6, 6.07) is 24.6. The predicted molar refractivity (Wildman–Crippen MR) is 97.2 cm³/mol. The number of hydrogen-bond acceptors (Lipinski definition) is 3. The molecule has 0 saturated carbocycles. The molecule has 0 aliphatic heterocycles. The van der Waals surface area contributed by atoms with E-state index >= 15 is 0 Å². The van der Waals surface area contributed by atoms with Gasteiger partial charge in [-0.2, -0.15) is 9.78 Å². The number of benzene rings is 3. The van der Waals surface area contributed by atoms with Crippen LogP contribution in [-0.2, 0) is 0 Å². The average Bonchev–Trinajstić information content (AvgIpc) is 2.64. The number of nitrogen functional groups attached to an aromatic ring is 1. The monoisotopic (exact) mass is 313 g/mol. The van der Waals surface area contributed by atoms with Gasteiger partial charge in [-0.1, -0.05) is 60.7 Å². The standard InChI is InChI=1S/C20H15N3O/c21-17-12-6-7-13-18(17)23-20(24)16-11-5-4-10-15(16)19(22-23)14-8-2-1-3-9-14/h1-13H,21H2. The highest BCUT2D eigenvalue weighted by atomic mass is 16.1. The van der Waals surface area contributed by atoms with E-state index in [9.17, 15) is 4.79 Å². The smallest absolute Gasteiger partial charge is 0.279 e. The van der Waals surface area contributed by atoms with E-state index in [0.29, 0.717) is 16.8 Å². The molecule has 0 fully saturated rings. The van der Waals surface area contributed by atoms with Crippen LogP contribution in [0.3, 0.4) is 0 Å². The Labute approximate surface area is 138 Å². The second kappa shape index (κ2) is 5.66. The molecule has 4 heteroatoms. The summed E-state index contributed by atoms with van der Waals surface area (Å²) in [7, 11) is 0. The van der Waals surface area contributed by atoms with E-state index in [1.807, 2.05) is 66.7 Å². The molecule has 0 unspecified atom stereocenters. The Hall–Kier alpha value is -3.40.